The molecule has 120 valence electrons. The van der Waals surface area contributed by atoms with Crippen LogP contribution in [0.4, 0.5) is 0 Å². The summed E-state index contributed by atoms with van der Waals surface area (Å²) in [6.45, 7) is 5.84. The van der Waals surface area contributed by atoms with Gasteiger partial charge in [-0.25, -0.2) is 0 Å². The third-order valence-corrected chi connectivity index (χ3v) is 4.14. The van der Waals surface area contributed by atoms with Crippen molar-refractivity contribution in [1.29, 1.82) is 0 Å². The number of rotatable bonds is 4. The number of hydrogen-bond donors (Lipinski definition) is 0. The second kappa shape index (κ2) is 7.34. The summed E-state index contributed by atoms with van der Waals surface area (Å²) < 4.78 is 10.6. The van der Waals surface area contributed by atoms with Crippen LogP contribution in [-0.2, 0) is 4.79 Å². The molecule has 1 atom stereocenters. The van der Waals surface area contributed by atoms with E-state index < -0.39 is 0 Å². The van der Waals surface area contributed by atoms with E-state index in [0.29, 0.717) is 11.7 Å². The average molecular weight is 303 g/mol. The number of carbonyl (C=O) groups excluding carboxylic acids is 1. The van der Waals surface area contributed by atoms with Crippen molar-refractivity contribution in [3.8, 4) is 11.5 Å². The Morgan fingerprint density at radius 1 is 1.32 bits per heavy atom. The van der Waals surface area contributed by atoms with Crippen molar-refractivity contribution in [2.45, 2.75) is 26.7 Å². The van der Waals surface area contributed by atoms with Gasteiger partial charge < -0.3 is 14.4 Å². The molecular formula is C18H25NO3. The third-order valence-electron chi connectivity index (χ3n) is 4.14. The number of benzene rings is 1. The monoisotopic (exact) mass is 303 g/mol. The number of hydrogen-bond acceptors (Lipinski definition) is 3. The number of ether oxygens (including phenoxy) is 2. The Morgan fingerprint density at radius 3 is 2.73 bits per heavy atom. The van der Waals surface area contributed by atoms with Crippen LogP contribution in [0.25, 0.3) is 5.57 Å². The molecule has 1 saturated heterocycles. The first-order chi connectivity index (χ1) is 10.5. The first kappa shape index (κ1) is 16.4. The lowest BCUT2D eigenvalue weighted by Crippen LogP contribution is -2.38. The van der Waals surface area contributed by atoms with Crippen molar-refractivity contribution < 1.29 is 14.3 Å². The van der Waals surface area contributed by atoms with Crippen molar-refractivity contribution in [3.63, 3.8) is 0 Å². The first-order valence-electron chi connectivity index (χ1n) is 7.74. The van der Waals surface area contributed by atoms with Crippen molar-refractivity contribution in [1.82, 2.24) is 4.90 Å². The molecule has 1 aliphatic rings. The zero-order valence-electron chi connectivity index (χ0n) is 13.9. The van der Waals surface area contributed by atoms with E-state index in [-0.39, 0.29) is 5.91 Å². The van der Waals surface area contributed by atoms with Gasteiger partial charge in [-0.05, 0) is 43.4 Å². The normalized spacial score (nSPS) is 19.0. The molecule has 4 heteroatoms. The highest BCUT2D eigenvalue weighted by Crippen LogP contribution is 2.30. The molecule has 0 saturated carbocycles. The molecule has 1 unspecified atom stereocenters. The van der Waals surface area contributed by atoms with Crippen LogP contribution in [-0.4, -0.2) is 38.1 Å². The zero-order valence-corrected chi connectivity index (χ0v) is 13.9. The van der Waals surface area contributed by atoms with Gasteiger partial charge in [0.25, 0.3) is 0 Å². The van der Waals surface area contributed by atoms with Crippen LogP contribution in [0.15, 0.2) is 24.3 Å². The largest absolute Gasteiger partial charge is 0.497 e. The molecule has 22 heavy (non-hydrogen) atoms. The maximum absolute atomic E-state index is 12.4. The minimum Gasteiger partial charge on any atom is -0.497 e. The topological polar surface area (TPSA) is 38.8 Å². The molecule has 0 radical (unpaired) electrons. The second-order valence-electron chi connectivity index (χ2n) is 5.93. The van der Waals surface area contributed by atoms with E-state index in [9.17, 15) is 4.79 Å². The molecule has 0 bridgehead atoms. The van der Waals surface area contributed by atoms with Crippen LogP contribution in [0, 0.1) is 5.92 Å². The smallest absolute Gasteiger partial charge is 0.246 e. The average Bonchev–Trinajstić information content (AvgIpc) is 2.54. The highest BCUT2D eigenvalue weighted by atomic mass is 16.5. The van der Waals surface area contributed by atoms with Crippen molar-refractivity contribution >= 4 is 11.5 Å². The minimum absolute atomic E-state index is 0.0851. The fraction of sp³-hybridized carbons (Fsp3) is 0.500. The molecule has 1 fully saturated rings. The SMILES string of the molecule is COc1ccc(/C(C)=C/C(=O)N2CCCC(C)C2)c(OC)c1. The Balaban J connectivity index is 2.19. The molecule has 2 rings (SSSR count). The van der Waals surface area contributed by atoms with Crippen molar-refractivity contribution in [3.05, 3.63) is 29.8 Å². The fourth-order valence-corrected chi connectivity index (χ4v) is 2.87. The number of piperidine rings is 1. The molecule has 0 N–H and O–H groups in total. The molecule has 1 aliphatic heterocycles. The summed E-state index contributed by atoms with van der Waals surface area (Å²) in [5.74, 6) is 2.13. The van der Waals surface area contributed by atoms with Crippen molar-refractivity contribution in [2.24, 2.45) is 5.92 Å². The lowest BCUT2D eigenvalue weighted by atomic mass is 9.99. The summed E-state index contributed by atoms with van der Waals surface area (Å²) in [7, 11) is 3.25. The summed E-state index contributed by atoms with van der Waals surface area (Å²) in [5, 5.41) is 0. The molecule has 0 aliphatic carbocycles. The molecule has 0 spiro atoms. The van der Waals surface area contributed by atoms with Crippen LogP contribution in [0.3, 0.4) is 0 Å². The highest BCUT2D eigenvalue weighted by molar-refractivity contribution is 5.95. The maximum atomic E-state index is 12.4. The quantitative estimate of drug-likeness (QED) is 0.801. The van der Waals surface area contributed by atoms with E-state index in [1.54, 1.807) is 20.3 Å². The van der Waals surface area contributed by atoms with Gasteiger partial charge in [-0.3, -0.25) is 4.79 Å². The number of amides is 1. The number of allylic oxidation sites excluding steroid dienone is 1. The maximum Gasteiger partial charge on any atom is 0.246 e. The van der Waals surface area contributed by atoms with Gasteiger partial charge in [-0.1, -0.05) is 6.92 Å². The van der Waals surface area contributed by atoms with Crippen LogP contribution in [0.5, 0.6) is 11.5 Å². The molecule has 0 aromatic heterocycles. The summed E-state index contributed by atoms with van der Waals surface area (Å²) in [5.41, 5.74) is 1.82. The van der Waals surface area contributed by atoms with Gasteiger partial charge in [0.2, 0.25) is 5.91 Å². The molecule has 4 nitrogen and oxygen atoms in total. The van der Waals surface area contributed by atoms with E-state index in [1.807, 2.05) is 30.0 Å². The van der Waals surface area contributed by atoms with Gasteiger partial charge in [0, 0.05) is 30.8 Å². The summed E-state index contributed by atoms with van der Waals surface area (Å²) in [4.78, 5) is 14.4. The fourth-order valence-electron chi connectivity index (χ4n) is 2.87. The first-order valence-corrected chi connectivity index (χ1v) is 7.74. The van der Waals surface area contributed by atoms with Crippen LogP contribution in [0.2, 0.25) is 0 Å². The molecular weight excluding hydrogens is 278 g/mol. The van der Waals surface area contributed by atoms with E-state index in [4.69, 9.17) is 9.47 Å². The number of likely N-dealkylation sites (tertiary alicyclic amines) is 1. The van der Waals surface area contributed by atoms with Crippen molar-refractivity contribution in [2.75, 3.05) is 27.3 Å². The Kier molecular flexibility index (Phi) is 5.47. The Morgan fingerprint density at radius 2 is 2.09 bits per heavy atom. The number of nitrogens with zero attached hydrogens (tertiary/aromatic N) is 1. The van der Waals surface area contributed by atoms with E-state index >= 15 is 0 Å². The van der Waals surface area contributed by atoms with Crippen LogP contribution < -0.4 is 9.47 Å². The van der Waals surface area contributed by atoms with E-state index in [2.05, 4.69) is 6.92 Å². The predicted molar refractivity (Wildman–Crippen MR) is 88.2 cm³/mol. The Hall–Kier alpha value is -1.97. The minimum atomic E-state index is 0.0851. The standard InChI is InChI=1S/C18H25NO3/c1-13-6-5-9-19(12-13)18(20)10-14(2)16-8-7-15(21-3)11-17(16)22-4/h7-8,10-11,13H,5-6,9,12H2,1-4H3/b14-10+. The second-order valence-corrected chi connectivity index (χ2v) is 5.93. The van der Waals surface area contributed by atoms with E-state index in [0.717, 1.165) is 36.4 Å². The van der Waals surface area contributed by atoms with Crippen LogP contribution in [0.1, 0.15) is 32.3 Å². The molecule has 1 aromatic carbocycles. The van der Waals surface area contributed by atoms with E-state index in [1.165, 1.54) is 6.42 Å². The van der Waals surface area contributed by atoms with Gasteiger partial charge in [0.05, 0.1) is 14.2 Å². The van der Waals surface area contributed by atoms with Gasteiger partial charge >= 0.3 is 0 Å². The number of carbonyl (C=O) groups is 1. The van der Waals surface area contributed by atoms with Gasteiger partial charge in [-0.15, -0.1) is 0 Å². The predicted octanol–water partition coefficient (Wildman–Crippen LogP) is 3.37. The van der Waals surface area contributed by atoms with Gasteiger partial charge in [-0.2, -0.15) is 0 Å². The van der Waals surface area contributed by atoms with Crippen LogP contribution >= 0.6 is 0 Å². The number of methoxy groups -OCH3 is 2. The summed E-state index contributed by atoms with van der Waals surface area (Å²) >= 11 is 0. The summed E-state index contributed by atoms with van der Waals surface area (Å²) in [6.07, 6.45) is 4.01. The Bertz CT molecular complexity index is 565. The summed E-state index contributed by atoms with van der Waals surface area (Å²) in [6, 6.07) is 5.64. The molecule has 1 heterocycles. The third kappa shape index (κ3) is 3.81. The lowest BCUT2D eigenvalue weighted by molar-refractivity contribution is -0.127. The van der Waals surface area contributed by atoms with Gasteiger partial charge in [0.15, 0.2) is 0 Å². The molecule has 1 aromatic rings. The highest BCUT2D eigenvalue weighted by Gasteiger charge is 2.20. The lowest BCUT2D eigenvalue weighted by Gasteiger charge is -2.30. The Labute approximate surface area is 132 Å². The zero-order chi connectivity index (χ0) is 16.1. The molecule has 1 amide bonds. The van der Waals surface area contributed by atoms with Gasteiger partial charge in [0.1, 0.15) is 11.5 Å².